The molecule has 0 bridgehead atoms. The number of rotatable bonds is 3. The number of aromatic nitrogens is 2. The van der Waals surface area contributed by atoms with Gasteiger partial charge in [0.15, 0.2) is 0 Å². The molecule has 2 aliphatic carbocycles. The minimum Gasteiger partial charge on any atom is -0.346 e. The lowest BCUT2D eigenvalue weighted by molar-refractivity contribution is 0.213. The fourth-order valence-electron chi connectivity index (χ4n) is 3.63. The van der Waals surface area contributed by atoms with Gasteiger partial charge in [-0.3, -0.25) is 4.90 Å². The second kappa shape index (κ2) is 5.60. The van der Waals surface area contributed by atoms with Crippen molar-refractivity contribution in [3.63, 3.8) is 0 Å². The zero-order chi connectivity index (χ0) is 13.4. The molecule has 0 aromatic carbocycles. The highest BCUT2D eigenvalue weighted by molar-refractivity contribution is 7.09. The van der Waals surface area contributed by atoms with E-state index in [0.717, 1.165) is 25.0 Å². The Labute approximate surface area is 125 Å². The van der Waals surface area contributed by atoms with Crippen LogP contribution in [-0.2, 0) is 0 Å². The normalized spacial score (nSPS) is 26.1. The highest BCUT2D eigenvalue weighted by Crippen LogP contribution is 2.39. The van der Waals surface area contributed by atoms with Crippen molar-refractivity contribution in [1.82, 2.24) is 14.3 Å². The molecule has 110 valence electrons. The maximum Gasteiger partial charge on any atom is 0.205 e. The summed E-state index contributed by atoms with van der Waals surface area (Å²) in [6, 6.07) is 0.867. The first-order valence-corrected chi connectivity index (χ1v) is 9.00. The summed E-state index contributed by atoms with van der Waals surface area (Å²) in [7, 11) is 0. The first-order valence-electron chi connectivity index (χ1n) is 8.23. The van der Waals surface area contributed by atoms with Crippen LogP contribution >= 0.6 is 11.5 Å². The van der Waals surface area contributed by atoms with Crippen molar-refractivity contribution in [2.45, 2.75) is 56.9 Å². The van der Waals surface area contributed by atoms with Gasteiger partial charge in [0.1, 0.15) is 5.82 Å². The molecule has 2 heterocycles. The van der Waals surface area contributed by atoms with Gasteiger partial charge in [0.25, 0.3) is 0 Å². The lowest BCUT2D eigenvalue weighted by atomic mass is 10.2. The quantitative estimate of drug-likeness (QED) is 0.857. The van der Waals surface area contributed by atoms with Gasteiger partial charge in [0, 0.05) is 49.7 Å². The molecule has 4 rings (SSSR count). The second-order valence-electron chi connectivity index (χ2n) is 6.52. The standard InChI is InChI=1S/C15H24N4S/c1-2-5-13(4-1)18-8-3-9-19(11-10-18)15-16-14(17-20-15)12-6-7-12/h12-13H,1-11H2. The Morgan fingerprint density at radius 3 is 2.55 bits per heavy atom. The van der Waals surface area contributed by atoms with Crippen LogP contribution in [0.3, 0.4) is 0 Å². The van der Waals surface area contributed by atoms with Gasteiger partial charge in [-0.15, -0.1) is 0 Å². The Hall–Kier alpha value is -0.680. The molecule has 4 nitrogen and oxygen atoms in total. The molecule has 0 amide bonds. The fourth-order valence-corrected chi connectivity index (χ4v) is 4.42. The molecule has 1 aliphatic heterocycles. The van der Waals surface area contributed by atoms with Crippen LogP contribution in [0.2, 0.25) is 0 Å². The van der Waals surface area contributed by atoms with E-state index in [4.69, 9.17) is 4.98 Å². The molecule has 3 fully saturated rings. The molecule has 1 aromatic rings. The van der Waals surface area contributed by atoms with Crippen molar-refractivity contribution >= 4 is 16.7 Å². The summed E-state index contributed by atoms with van der Waals surface area (Å²) in [5.41, 5.74) is 0. The first kappa shape index (κ1) is 13.0. The van der Waals surface area contributed by atoms with Gasteiger partial charge in [0.05, 0.1) is 0 Å². The van der Waals surface area contributed by atoms with E-state index in [2.05, 4.69) is 14.2 Å². The number of hydrogen-bond donors (Lipinski definition) is 0. The third-order valence-electron chi connectivity index (χ3n) is 5.02. The molecule has 5 heteroatoms. The summed E-state index contributed by atoms with van der Waals surface area (Å²) in [6.45, 7) is 4.77. The minimum atomic E-state index is 0.682. The smallest absolute Gasteiger partial charge is 0.205 e. The maximum absolute atomic E-state index is 4.77. The Morgan fingerprint density at radius 1 is 0.900 bits per heavy atom. The van der Waals surface area contributed by atoms with Crippen LogP contribution in [0.4, 0.5) is 5.13 Å². The molecule has 0 unspecified atom stereocenters. The van der Waals surface area contributed by atoms with Gasteiger partial charge in [-0.2, -0.15) is 4.37 Å². The van der Waals surface area contributed by atoms with E-state index in [9.17, 15) is 0 Å². The molecule has 0 spiro atoms. The van der Waals surface area contributed by atoms with Gasteiger partial charge in [-0.25, -0.2) is 4.98 Å². The van der Waals surface area contributed by atoms with E-state index in [1.807, 2.05) is 0 Å². The van der Waals surface area contributed by atoms with Gasteiger partial charge in [-0.1, -0.05) is 12.8 Å². The fraction of sp³-hybridized carbons (Fsp3) is 0.867. The third kappa shape index (κ3) is 2.70. The Morgan fingerprint density at radius 2 is 1.75 bits per heavy atom. The van der Waals surface area contributed by atoms with Crippen LogP contribution in [0.15, 0.2) is 0 Å². The highest BCUT2D eigenvalue weighted by Gasteiger charge is 2.29. The van der Waals surface area contributed by atoms with E-state index in [0.29, 0.717) is 5.92 Å². The van der Waals surface area contributed by atoms with Crippen molar-refractivity contribution in [2.24, 2.45) is 0 Å². The average molecular weight is 292 g/mol. The zero-order valence-corrected chi connectivity index (χ0v) is 12.9. The average Bonchev–Trinajstić information content (AvgIpc) is 3.05. The summed E-state index contributed by atoms with van der Waals surface area (Å²) in [6.07, 6.45) is 9.58. The molecule has 1 aromatic heterocycles. The van der Waals surface area contributed by atoms with Crippen molar-refractivity contribution in [3.05, 3.63) is 5.82 Å². The Bertz CT molecular complexity index is 450. The van der Waals surface area contributed by atoms with Gasteiger partial charge in [-0.05, 0) is 32.1 Å². The lowest BCUT2D eigenvalue weighted by Crippen LogP contribution is -2.36. The summed E-state index contributed by atoms with van der Waals surface area (Å²) in [5, 5.41) is 1.17. The predicted octanol–water partition coefficient (Wildman–Crippen LogP) is 2.87. The first-order chi connectivity index (χ1) is 9.90. The second-order valence-corrected chi connectivity index (χ2v) is 7.25. The molecule has 0 radical (unpaired) electrons. The van der Waals surface area contributed by atoms with Crippen molar-refractivity contribution in [1.29, 1.82) is 0 Å². The molecule has 20 heavy (non-hydrogen) atoms. The molecular weight excluding hydrogens is 268 g/mol. The van der Waals surface area contributed by atoms with Crippen LogP contribution < -0.4 is 4.90 Å². The molecule has 1 saturated heterocycles. The van der Waals surface area contributed by atoms with Crippen molar-refractivity contribution in [2.75, 3.05) is 31.1 Å². The lowest BCUT2D eigenvalue weighted by Gasteiger charge is -2.27. The van der Waals surface area contributed by atoms with Crippen LogP contribution in [0.5, 0.6) is 0 Å². The van der Waals surface area contributed by atoms with Gasteiger partial charge in [0.2, 0.25) is 5.13 Å². The van der Waals surface area contributed by atoms with E-state index < -0.39 is 0 Å². The van der Waals surface area contributed by atoms with Crippen molar-refractivity contribution in [3.8, 4) is 0 Å². The van der Waals surface area contributed by atoms with E-state index in [-0.39, 0.29) is 0 Å². The summed E-state index contributed by atoms with van der Waals surface area (Å²) in [4.78, 5) is 9.98. The van der Waals surface area contributed by atoms with E-state index in [1.165, 1.54) is 63.2 Å². The van der Waals surface area contributed by atoms with Crippen LogP contribution in [0, 0.1) is 0 Å². The zero-order valence-electron chi connectivity index (χ0n) is 12.1. The number of hydrogen-bond acceptors (Lipinski definition) is 5. The molecule has 2 saturated carbocycles. The topological polar surface area (TPSA) is 32.3 Å². The Balaban J connectivity index is 1.39. The Kier molecular flexibility index (Phi) is 3.65. The highest BCUT2D eigenvalue weighted by atomic mass is 32.1. The van der Waals surface area contributed by atoms with Crippen LogP contribution in [0.1, 0.15) is 56.7 Å². The van der Waals surface area contributed by atoms with E-state index in [1.54, 1.807) is 11.5 Å². The van der Waals surface area contributed by atoms with Crippen LogP contribution in [-0.4, -0.2) is 46.5 Å². The monoisotopic (exact) mass is 292 g/mol. The molecule has 3 aliphatic rings. The number of nitrogens with zero attached hydrogens (tertiary/aromatic N) is 4. The summed E-state index contributed by atoms with van der Waals surface area (Å²) in [5.74, 6) is 1.80. The van der Waals surface area contributed by atoms with E-state index >= 15 is 0 Å². The van der Waals surface area contributed by atoms with Gasteiger partial charge >= 0.3 is 0 Å². The predicted molar refractivity (Wildman–Crippen MR) is 82.5 cm³/mol. The van der Waals surface area contributed by atoms with Crippen LogP contribution in [0.25, 0.3) is 0 Å². The van der Waals surface area contributed by atoms with Gasteiger partial charge < -0.3 is 4.90 Å². The molecule has 0 atom stereocenters. The summed E-state index contributed by atoms with van der Waals surface area (Å²) < 4.78 is 4.56. The molecule has 0 N–H and O–H groups in total. The largest absolute Gasteiger partial charge is 0.346 e. The number of anilines is 1. The molecular formula is C15H24N4S. The third-order valence-corrected chi connectivity index (χ3v) is 5.81. The SMILES string of the molecule is C1CCC(N2CCCN(c3nc(C4CC4)ns3)CC2)C1. The maximum atomic E-state index is 4.77. The minimum absolute atomic E-state index is 0.682. The summed E-state index contributed by atoms with van der Waals surface area (Å²) >= 11 is 1.61. The van der Waals surface area contributed by atoms with Crippen molar-refractivity contribution < 1.29 is 0 Å².